The summed E-state index contributed by atoms with van der Waals surface area (Å²) in [5.74, 6) is -1.11. The molecule has 4 rings (SSSR count). The van der Waals surface area contributed by atoms with Gasteiger partial charge in [0, 0.05) is 49.4 Å². The van der Waals surface area contributed by atoms with Gasteiger partial charge in [-0.15, -0.1) is 11.3 Å². The van der Waals surface area contributed by atoms with Crippen molar-refractivity contribution in [1.29, 1.82) is 0 Å². The number of carboxylic acid groups (broad SMARTS) is 1. The number of nitrogens with zero attached hydrogens (tertiary/aromatic N) is 6. The lowest BCUT2D eigenvalue weighted by Crippen LogP contribution is -2.29. The lowest BCUT2D eigenvalue weighted by molar-refractivity contribution is -0.192. The van der Waals surface area contributed by atoms with Crippen LogP contribution in [0.15, 0.2) is 42.6 Å². The highest BCUT2D eigenvalue weighted by Crippen LogP contribution is 2.20. The van der Waals surface area contributed by atoms with Gasteiger partial charge in [0.25, 0.3) is 0 Å². The van der Waals surface area contributed by atoms with Crippen molar-refractivity contribution in [2.75, 3.05) is 6.54 Å². The maximum absolute atomic E-state index is 10.6. The van der Waals surface area contributed by atoms with Crippen molar-refractivity contribution in [2.24, 2.45) is 5.92 Å². The predicted octanol–water partition coefficient (Wildman–Crippen LogP) is 2.50. The summed E-state index contributed by atoms with van der Waals surface area (Å²) in [5, 5.41) is 13.5. The van der Waals surface area contributed by atoms with Crippen LogP contribution >= 0.6 is 11.3 Å². The lowest BCUT2D eigenvalue weighted by atomic mass is 10.1. The van der Waals surface area contributed by atoms with Crippen LogP contribution in [0.1, 0.15) is 10.7 Å². The van der Waals surface area contributed by atoms with E-state index in [4.69, 9.17) is 9.90 Å². The highest BCUT2D eigenvalue weighted by atomic mass is 32.1. The van der Waals surface area contributed by atoms with Gasteiger partial charge in [-0.3, -0.25) is 9.58 Å². The van der Waals surface area contributed by atoms with E-state index in [0.717, 1.165) is 38.5 Å². The van der Waals surface area contributed by atoms with Crippen LogP contribution in [0.3, 0.4) is 0 Å². The Hall–Kier alpha value is -2.73. The summed E-state index contributed by atoms with van der Waals surface area (Å²) in [6, 6.07) is 4.32. The molecule has 0 saturated heterocycles. The van der Waals surface area contributed by atoms with Gasteiger partial charge in [0.2, 0.25) is 0 Å². The summed E-state index contributed by atoms with van der Waals surface area (Å²) in [7, 11) is 0. The van der Waals surface area contributed by atoms with Gasteiger partial charge >= 0.3 is 12.1 Å². The van der Waals surface area contributed by atoms with Gasteiger partial charge in [-0.05, 0) is 11.4 Å². The van der Waals surface area contributed by atoms with Crippen molar-refractivity contribution in [2.45, 2.75) is 32.4 Å². The van der Waals surface area contributed by atoms with E-state index in [1.54, 1.807) is 12.7 Å². The molecule has 0 saturated carbocycles. The number of carbonyl (C=O) groups is 1. The number of halogens is 3. The molecule has 1 N–H and O–H groups in total. The van der Waals surface area contributed by atoms with Crippen LogP contribution in [-0.2, 0) is 31.0 Å². The predicted molar refractivity (Wildman–Crippen MR) is 97.9 cm³/mol. The lowest BCUT2D eigenvalue weighted by Gasteiger charge is -2.23. The fourth-order valence-electron chi connectivity index (χ4n) is 3.07. The van der Waals surface area contributed by atoms with Crippen LogP contribution in [0.4, 0.5) is 13.2 Å². The topological polar surface area (TPSA) is 89.1 Å². The molecule has 0 fully saturated rings. The Labute approximate surface area is 168 Å². The van der Waals surface area contributed by atoms with E-state index >= 15 is 0 Å². The Bertz CT molecular complexity index is 836. The second-order valence-electron chi connectivity index (χ2n) is 6.53. The number of hydrogen-bond acceptors (Lipinski definition) is 6. The molecule has 8 nitrogen and oxygen atoms in total. The molecule has 0 radical (unpaired) electrons. The molecular weight excluding hydrogens is 409 g/mol. The van der Waals surface area contributed by atoms with Gasteiger partial charge in [-0.2, -0.15) is 18.3 Å². The zero-order chi connectivity index (χ0) is 20.9. The first-order valence-electron chi connectivity index (χ1n) is 8.68. The molecule has 3 aromatic rings. The van der Waals surface area contributed by atoms with Crippen molar-refractivity contribution in [3.05, 3.63) is 53.3 Å². The molecule has 1 aliphatic rings. The summed E-state index contributed by atoms with van der Waals surface area (Å²) in [6.07, 6.45) is 2.29. The second kappa shape index (κ2) is 9.18. The number of aromatic nitrogens is 5. The minimum atomic E-state index is -5.08. The van der Waals surface area contributed by atoms with Crippen molar-refractivity contribution in [3.63, 3.8) is 0 Å². The maximum atomic E-state index is 10.6. The second-order valence-corrected chi connectivity index (χ2v) is 7.56. The Morgan fingerprint density at radius 2 is 2.14 bits per heavy atom. The minimum Gasteiger partial charge on any atom is -0.475 e. The highest BCUT2D eigenvalue weighted by molar-refractivity contribution is 7.09. The minimum absolute atomic E-state index is 0.497. The Morgan fingerprint density at radius 1 is 1.34 bits per heavy atom. The standard InChI is InChI=1S/C15H18N6S.C2HF3O2/c1-2-14(22-5-1)9-19-6-13(8-21-12-16-11-18-21)7-20-4-3-17-15(20)10-19;3-2(4,5)1(6)7/h1-5,11-13H,6-10H2;(H,6,7). The first-order valence-corrected chi connectivity index (χ1v) is 9.56. The fourth-order valence-corrected chi connectivity index (χ4v) is 3.82. The molecule has 1 unspecified atom stereocenters. The fraction of sp³-hybridized carbons (Fsp3) is 0.412. The van der Waals surface area contributed by atoms with E-state index in [9.17, 15) is 13.2 Å². The van der Waals surface area contributed by atoms with E-state index < -0.39 is 12.1 Å². The van der Waals surface area contributed by atoms with Crippen LogP contribution in [0.5, 0.6) is 0 Å². The van der Waals surface area contributed by atoms with E-state index in [1.807, 2.05) is 22.2 Å². The van der Waals surface area contributed by atoms with Gasteiger partial charge in [-0.1, -0.05) is 6.07 Å². The van der Waals surface area contributed by atoms with Gasteiger partial charge in [0.15, 0.2) is 0 Å². The molecule has 12 heteroatoms. The monoisotopic (exact) mass is 428 g/mol. The van der Waals surface area contributed by atoms with Crippen molar-refractivity contribution < 1.29 is 23.1 Å². The number of alkyl halides is 3. The molecule has 0 amide bonds. The Morgan fingerprint density at radius 3 is 2.76 bits per heavy atom. The summed E-state index contributed by atoms with van der Waals surface area (Å²) >= 11 is 1.82. The Kier molecular flexibility index (Phi) is 6.64. The van der Waals surface area contributed by atoms with Gasteiger partial charge < -0.3 is 9.67 Å². The van der Waals surface area contributed by atoms with Gasteiger partial charge in [0.1, 0.15) is 18.5 Å². The first-order chi connectivity index (χ1) is 13.8. The van der Waals surface area contributed by atoms with E-state index in [1.165, 1.54) is 4.88 Å². The quantitative estimate of drug-likeness (QED) is 0.687. The number of imidazole rings is 1. The van der Waals surface area contributed by atoms with Crippen LogP contribution in [0.25, 0.3) is 0 Å². The van der Waals surface area contributed by atoms with E-state index in [0.29, 0.717) is 5.92 Å². The molecule has 1 atom stereocenters. The zero-order valence-corrected chi connectivity index (χ0v) is 16.1. The molecular formula is C17H19F3N6O2S. The number of thiophene rings is 1. The molecule has 29 heavy (non-hydrogen) atoms. The number of aliphatic carboxylic acids is 1. The van der Waals surface area contributed by atoms with Gasteiger partial charge in [0.05, 0.1) is 6.54 Å². The molecule has 0 aromatic carbocycles. The summed E-state index contributed by atoms with van der Waals surface area (Å²) in [5.41, 5.74) is 0. The summed E-state index contributed by atoms with van der Waals surface area (Å²) < 4.78 is 35.9. The molecule has 3 aromatic heterocycles. The largest absolute Gasteiger partial charge is 0.490 e. The zero-order valence-electron chi connectivity index (χ0n) is 15.2. The van der Waals surface area contributed by atoms with Crippen LogP contribution in [0.2, 0.25) is 0 Å². The van der Waals surface area contributed by atoms with Crippen LogP contribution < -0.4 is 0 Å². The van der Waals surface area contributed by atoms with E-state index in [-0.39, 0.29) is 0 Å². The average molecular weight is 428 g/mol. The number of hydrogen-bond donors (Lipinski definition) is 1. The molecule has 1 aliphatic heterocycles. The normalized spacial score (nSPS) is 17.1. The van der Waals surface area contributed by atoms with Crippen molar-refractivity contribution >= 4 is 17.3 Å². The average Bonchev–Trinajstić information content (AvgIpc) is 3.38. The Balaban J connectivity index is 0.000000298. The number of carboxylic acids is 1. The third-order valence-corrected chi connectivity index (χ3v) is 5.11. The third kappa shape index (κ3) is 6.12. The summed E-state index contributed by atoms with van der Waals surface area (Å²) in [4.78, 5) is 21.3. The first kappa shape index (κ1) is 21.0. The third-order valence-electron chi connectivity index (χ3n) is 4.25. The number of rotatable bonds is 4. The van der Waals surface area contributed by atoms with Crippen LogP contribution in [-0.4, -0.2) is 53.0 Å². The van der Waals surface area contributed by atoms with E-state index in [2.05, 4.69) is 48.2 Å². The highest BCUT2D eigenvalue weighted by Gasteiger charge is 2.38. The maximum Gasteiger partial charge on any atom is 0.490 e. The summed E-state index contributed by atoms with van der Waals surface area (Å²) in [6.45, 7) is 4.80. The van der Waals surface area contributed by atoms with Crippen molar-refractivity contribution in [1.82, 2.24) is 29.2 Å². The molecule has 0 aliphatic carbocycles. The van der Waals surface area contributed by atoms with Crippen LogP contribution in [0, 0.1) is 5.92 Å². The SMILES string of the molecule is O=C(O)C(F)(F)F.c1csc(CN2Cc3nccn3CC(Cn3cncn3)C2)c1. The van der Waals surface area contributed by atoms with Gasteiger partial charge in [-0.25, -0.2) is 14.8 Å². The number of fused-ring (bicyclic) bond motifs is 1. The molecule has 156 valence electrons. The smallest absolute Gasteiger partial charge is 0.475 e. The molecule has 0 bridgehead atoms. The van der Waals surface area contributed by atoms with Crippen molar-refractivity contribution in [3.8, 4) is 0 Å². The molecule has 4 heterocycles. The molecule has 0 spiro atoms.